The largest absolute Gasteiger partial charge is 0.328 e. The van der Waals surface area contributed by atoms with E-state index in [1.54, 1.807) is 4.57 Å². The van der Waals surface area contributed by atoms with Crippen molar-refractivity contribution in [2.24, 2.45) is 0 Å². The zero-order chi connectivity index (χ0) is 15.6. The molecule has 1 aromatic carbocycles. The van der Waals surface area contributed by atoms with Gasteiger partial charge >= 0.3 is 0 Å². The standard InChI is InChI=1S/C15H21F2N3S/c1-10(2)19(3)6-4-5-7-20-13-9-11(16)8-12(17)14(13)18-15(20)21/h8-10H,4-7H2,1-3H3,(H,18,21). The molecule has 3 nitrogen and oxygen atoms in total. The van der Waals surface area contributed by atoms with Crippen LogP contribution in [0.3, 0.4) is 0 Å². The van der Waals surface area contributed by atoms with Gasteiger partial charge in [-0.2, -0.15) is 0 Å². The van der Waals surface area contributed by atoms with E-state index in [2.05, 4.69) is 30.8 Å². The number of hydrogen-bond acceptors (Lipinski definition) is 2. The van der Waals surface area contributed by atoms with Gasteiger partial charge in [0.05, 0.1) is 5.52 Å². The fraction of sp³-hybridized carbons (Fsp3) is 0.533. The summed E-state index contributed by atoms with van der Waals surface area (Å²) >= 11 is 5.21. The first-order valence-corrected chi connectivity index (χ1v) is 7.58. The molecule has 0 aliphatic rings. The molecule has 2 rings (SSSR count). The van der Waals surface area contributed by atoms with Gasteiger partial charge in [0.2, 0.25) is 0 Å². The minimum absolute atomic E-state index is 0.278. The molecule has 1 N–H and O–H groups in total. The van der Waals surface area contributed by atoms with Crippen molar-refractivity contribution >= 4 is 23.3 Å². The van der Waals surface area contributed by atoms with Crippen LogP contribution in [0.25, 0.3) is 11.0 Å². The minimum atomic E-state index is -0.602. The quantitative estimate of drug-likeness (QED) is 0.641. The summed E-state index contributed by atoms with van der Waals surface area (Å²) in [5.74, 6) is -1.18. The number of aromatic nitrogens is 2. The molecule has 0 spiro atoms. The average Bonchev–Trinajstić information content (AvgIpc) is 2.71. The summed E-state index contributed by atoms with van der Waals surface area (Å²) in [6.07, 6.45) is 1.93. The van der Waals surface area contributed by atoms with E-state index >= 15 is 0 Å². The van der Waals surface area contributed by atoms with Crippen LogP contribution in [0.2, 0.25) is 0 Å². The van der Waals surface area contributed by atoms with Gasteiger partial charge in [-0.15, -0.1) is 0 Å². The molecular formula is C15H21F2N3S. The minimum Gasteiger partial charge on any atom is -0.328 e. The van der Waals surface area contributed by atoms with Gasteiger partial charge in [0.25, 0.3) is 0 Å². The monoisotopic (exact) mass is 313 g/mol. The SMILES string of the molecule is CC(C)N(C)CCCCn1c(=S)[nH]c2c(F)cc(F)cc21. The maximum absolute atomic E-state index is 13.7. The lowest BCUT2D eigenvalue weighted by molar-refractivity contribution is 0.266. The van der Waals surface area contributed by atoms with Crippen molar-refractivity contribution in [3.63, 3.8) is 0 Å². The van der Waals surface area contributed by atoms with E-state index in [1.165, 1.54) is 6.07 Å². The number of fused-ring (bicyclic) bond motifs is 1. The van der Waals surface area contributed by atoms with Crippen LogP contribution in [-0.2, 0) is 6.54 Å². The Morgan fingerprint density at radius 2 is 2.00 bits per heavy atom. The smallest absolute Gasteiger partial charge is 0.178 e. The molecule has 0 atom stereocenters. The highest BCUT2D eigenvalue weighted by Crippen LogP contribution is 2.20. The van der Waals surface area contributed by atoms with Crippen molar-refractivity contribution in [1.82, 2.24) is 14.5 Å². The molecule has 1 aromatic heterocycles. The number of hydrogen-bond donors (Lipinski definition) is 1. The fourth-order valence-electron chi connectivity index (χ4n) is 2.29. The Bertz CT molecular complexity index is 675. The highest BCUT2D eigenvalue weighted by atomic mass is 32.1. The molecule has 0 saturated carbocycles. The molecule has 0 aliphatic carbocycles. The molecule has 6 heteroatoms. The summed E-state index contributed by atoms with van der Waals surface area (Å²) in [5.41, 5.74) is 0.774. The Morgan fingerprint density at radius 1 is 1.29 bits per heavy atom. The number of halogens is 2. The number of benzene rings is 1. The molecule has 116 valence electrons. The van der Waals surface area contributed by atoms with Crippen LogP contribution >= 0.6 is 12.2 Å². The number of nitrogens with one attached hydrogen (secondary N) is 1. The first kappa shape index (κ1) is 16.1. The second kappa shape index (κ2) is 6.66. The maximum Gasteiger partial charge on any atom is 0.178 e. The summed E-state index contributed by atoms with van der Waals surface area (Å²) in [6.45, 7) is 5.96. The van der Waals surface area contributed by atoms with Crippen LogP contribution in [0, 0.1) is 16.4 Å². The Morgan fingerprint density at radius 3 is 2.67 bits per heavy atom. The van der Waals surface area contributed by atoms with Gasteiger partial charge in [0.15, 0.2) is 10.6 Å². The summed E-state index contributed by atoms with van der Waals surface area (Å²) < 4.78 is 29.3. The second-order valence-corrected chi connectivity index (χ2v) is 6.03. The lowest BCUT2D eigenvalue weighted by Gasteiger charge is -2.20. The third-order valence-electron chi connectivity index (χ3n) is 3.83. The molecule has 0 saturated heterocycles. The predicted molar refractivity (Wildman–Crippen MR) is 84.0 cm³/mol. The van der Waals surface area contributed by atoms with Crippen molar-refractivity contribution < 1.29 is 8.78 Å². The van der Waals surface area contributed by atoms with Crippen LogP contribution in [0.15, 0.2) is 12.1 Å². The number of rotatable bonds is 6. The first-order chi connectivity index (χ1) is 9.90. The molecule has 0 aliphatic heterocycles. The Labute approximate surface area is 128 Å². The van der Waals surface area contributed by atoms with Gasteiger partial charge in [-0.05, 0) is 58.6 Å². The number of nitrogens with zero attached hydrogens (tertiary/aromatic N) is 2. The summed E-state index contributed by atoms with van der Waals surface area (Å²) in [7, 11) is 2.09. The van der Waals surface area contributed by atoms with E-state index in [4.69, 9.17) is 12.2 Å². The van der Waals surface area contributed by atoms with Crippen molar-refractivity contribution in [3.8, 4) is 0 Å². The molecule has 0 amide bonds. The molecule has 0 fully saturated rings. The molecule has 0 radical (unpaired) electrons. The molecular weight excluding hydrogens is 292 g/mol. The van der Waals surface area contributed by atoms with E-state index < -0.39 is 11.6 Å². The van der Waals surface area contributed by atoms with Crippen LogP contribution in [0.4, 0.5) is 8.78 Å². The van der Waals surface area contributed by atoms with Crippen LogP contribution in [0.5, 0.6) is 0 Å². The van der Waals surface area contributed by atoms with E-state index in [9.17, 15) is 8.78 Å². The van der Waals surface area contributed by atoms with Crippen molar-refractivity contribution in [2.45, 2.75) is 39.3 Å². The number of H-pyrrole nitrogens is 1. The van der Waals surface area contributed by atoms with E-state index in [0.717, 1.165) is 25.5 Å². The van der Waals surface area contributed by atoms with Gasteiger partial charge in [-0.3, -0.25) is 0 Å². The third kappa shape index (κ3) is 3.68. The summed E-state index contributed by atoms with van der Waals surface area (Å²) in [4.78, 5) is 5.09. The van der Waals surface area contributed by atoms with Crippen LogP contribution in [0.1, 0.15) is 26.7 Å². The van der Waals surface area contributed by atoms with Crippen LogP contribution < -0.4 is 0 Å². The highest BCUT2D eigenvalue weighted by molar-refractivity contribution is 7.71. The zero-order valence-electron chi connectivity index (χ0n) is 12.6. The number of imidazole rings is 1. The van der Waals surface area contributed by atoms with Crippen molar-refractivity contribution in [2.75, 3.05) is 13.6 Å². The van der Waals surface area contributed by atoms with Crippen molar-refractivity contribution in [1.29, 1.82) is 0 Å². The van der Waals surface area contributed by atoms with Gasteiger partial charge in [-0.25, -0.2) is 8.78 Å². The maximum atomic E-state index is 13.7. The molecule has 1 heterocycles. The van der Waals surface area contributed by atoms with E-state index in [1.807, 2.05) is 0 Å². The number of unbranched alkanes of at least 4 members (excludes halogenated alkanes) is 1. The Kier molecular flexibility index (Phi) is 5.11. The topological polar surface area (TPSA) is 24.0 Å². The summed E-state index contributed by atoms with van der Waals surface area (Å²) in [5, 5.41) is 0. The van der Waals surface area contributed by atoms with Crippen LogP contribution in [-0.4, -0.2) is 34.1 Å². The molecule has 0 unspecified atom stereocenters. The number of aromatic amines is 1. The Hall–Kier alpha value is -1.27. The Balaban J connectivity index is 2.09. The molecule has 2 aromatic rings. The normalized spacial score (nSPS) is 12.0. The van der Waals surface area contributed by atoms with Crippen molar-refractivity contribution in [3.05, 3.63) is 28.5 Å². The van der Waals surface area contributed by atoms with E-state index in [0.29, 0.717) is 22.9 Å². The van der Waals surface area contributed by atoms with Gasteiger partial charge in [0, 0.05) is 18.7 Å². The van der Waals surface area contributed by atoms with Gasteiger partial charge in [0.1, 0.15) is 11.3 Å². The zero-order valence-corrected chi connectivity index (χ0v) is 13.4. The lowest BCUT2D eigenvalue weighted by Crippen LogP contribution is -2.27. The van der Waals surface area contributed by atoms with Gasteiger partial charge < -0.3 is 14.5 Å². The third-order valence-corrected chi connectivity index (χ3v) is 4.15. The second-order valence-electron chi connectivity index (χ2n) is 5.64. The van der Waals surface area contributed by atoms with Gasteiger partial charge in [-0.1, -0.05) is 0 Å². The number of aryl methyl sites for hydroxylation is 1. The average molecular weight is 313 g/mol. The highest BCUT2D eigenvalue weighted by Gasteiger charge is 2.11. The first-order valence-electron chi connectivity index (χ1n) is 7.18. The summed E-state index contributed by atoms with van der Waals surface area (Å²) in [6, 6.07) is 2.71. The van der Waals surface area contributed by atoms with E-state index in [-0.39, 0.29) is 5.52 Å². The fourth-order valence-corrected chi connectivity index (χ4v) is 2.58. The molecule has 21 heavy (non-hydrogen) atoms. The lowest BCUT2D eigenvalue weighted by atomic mass is 10.2. The predicted octanol–water partition coefficient (Wildman–Crippen LogP) is 4.10. The molecule has 0 bridgehead atoms.